The number of ether oxygens (including phenoxy) is 2. The average molecular weight is 398 g/mol. The summed E-state index contributed by atoms with van der Waals surface area (Å²) < 4.78 is 14.9. The molecule has 1 aromatic carbocycles. The smallest absolute Gasteiger partial charge is 0.231 e. The lowest BCUT2D eigenvalue weighted by molar-refractivity contribution is 0.102. The highest BCUT2D eigenvalue weighted by atomic mass is 32.2. The molecule has 28 heavy (non-hydrogen) atoms. The molecular weight excluding hydrogens is 376 g/mol. The zero-order valence-electron chi connectivity index (χ0n) is 16.4. The summed E-state index contributed by atoms with van der Waals surface area (Å²) in [4.78, 5) is 12.8. The van der Waals surface area contributed by atoms with Gasteiger partial charge in [0.2, 0.25) is 6.79 Å². The molecule has 1 aliphatic rings. The molecule has 0 radical (unpaired) electrons. The van der Waals surface area contributed by atoms with Crippen molar-refractivity contribution >= 4 is 17.5 Å². The predicted molar refractivity (Wildman–Crippen MR) is 106 cm³/mol. The molecule has 7 nitrogen and oxygen atoms in total. The second-order valence-corrected chi connectivity index (χ2v) is 7.80. The van der Waals surface area contributed by atoms with Gasteiger partial charge in [-0.25, -0.2) is 0 Å². The van der Waals surface area contributed by atoms with Crippen molar-refractivity contribution in [3.63, 3.8) is 0 Å². The minimum Gasteiger partial charge on any atom is -0.454 e. The Kier molecular flexibility index (Phi) is 4.89. The fourth-order valence-electron chi connectivity index (χ4n) is 3.27. The first kappa shape index (κ1) is 18.6. The molecule has 146 valence electrons. The number of nitrogens with zero attached hydrogens (tertiary/aromatic N) is 4. The van der Waals surface area contributed by atoms with Crippen molar-refractivity contribution in [2.24, 2.45) is 7.05 Å². The van der Waals surface area contributed by atoms with Crippen molar-refractivity contribution in [2.45, 2.75) is 32.5 Å². The molecule has 2 aromatic heterocycles. The lowest BCUT2D eigenvalue weighted by atomic mass is 10.1. The number of ketones is 1. The van der Waals surface area contributed by atoms with Crippen LogP contribution >= 0.6 is 11.8 Å². The summed E-state index contributed by atoms with van der Waals surface area (Å²) in [7, 11) is 1.90. The number of fused-ring (bicyclic) bond motifs is 1. The number of rotatable bonds is 6. The predicted octanol–water partition coefficient (Wildman–Crippen LogP) is 3.29. The van der Waals surface area contributed by atoms with E-state index < -0.39 is 0 Å². The highest BCUT2D eigenvalue weighted by Gasteiger charge is 2.19. The quantitative estimate of drug-likeness (QED) is 0.469. The van der Waals surface area contributed by atoms with Crippen LogP contribution in [0.5, 0.6) is 11.5 Å². The van der Waals surface area contributed by atoms with Gasteiger partial charge in [-0.3, -0.25) is 4.79 Å². The van der Waals surface area contributed by atoms with E-state index in [1.165, 1.54) is 11.8 Å². The third-order valence-corrected chi connectivity index (χ3v) is 6.06. The molecule has 4 rings (SSSR count). The lowest BCUT2D eigenvalue weighted by Gasteiger charge is -2.10. The van der Waals surface area contributed by atoms with E-state index in [-0.39, 0.29) is 12.6 Å². The Hall–Kier alpha value is -2.74. The molecule has 1 aliphatic heterocycles. The maximum atomic E-state index is 12.8. The van der Waals surface area contributed by atoms with Crippen LogP contribution in [0.15, 0.2) is 29.4 Å². The third kappa shape index (κ3) is 3.40. The Bertz CT molecular complexity index is 1050. The largest absolute Gasteiger partial charge is 0.454 e. The summed E-state index contributed by atoms with van der Waals surface area (Å²) in [5.41, 5.74) is 3.88. The van der Waals surface area contributed by atoms with Crippen LogP contribution in [-0.2, 0) is 13.6 Å². The van der Waals surface area contributed by atoms with Crippen molar-refractivity contribution in [2.75, 3.05) is 12.5 Å². The van der Waals surface area contributed by atoms with Gasteiger partial charge in [-0.15, -0.1) is 10.2 Å². The van der Waals surface area contributed by atoms with Gasteiger partial charge in [0, 0.05) is 30.5 Å². The van der Waals surface area contributed by atoms with Crippen molar-refractivity contribution in [1.82, 2.24) is 19.3 Å². The zero-order chi connectivity index (χ0) is 19.8. The zero-order valence-corrected chi connectivity index (χ0v) is 17.2. The number of hydrogen-bond acceptors (Lipinski definition) is 6. The van der Waals surface area contributed by atoms with Crippen LogP contribution < -0.4 is 9.47 Å². The van der Waals surface area contributed by atoms with Gasteiger partial charge in [-0.2, -0.15) is 0 Å². The Morgan fingerprint density at radius 1 is 1.14 bits per heavy atom. The van der Waals surface area contributed by atoms with E-state index in [0.29, 0.717) is 12.3 Å². The van der Waals surface area contributed by atoms with Gasteiger partial charge in [0.05, 0.1) is 5.75 Å². The minimum atomic E-state index is 0.0932. The Labute approximate surface area is 167 Å². The number of Topliss-reactive ketones (excluding diaryl/α,β-unsaturated/α-hetero) is 1. The SMILES string of the molecule is Cc1nnc(SCC(=O)c2cc(C)n(Cc3ccc4c(c3)OCO4)c2C)n1C. The van der Waals surface area contributed by atoms with Crippen LogP contribution in [0.3, 0.4) is 0 Å². The molecule has 0 N–H and O–H groups in total. The summed E-state index contributed by atoms with van der Waals surface area (Å²) >= 11 is 1.41. The highest BCUT2D eigenvalue weighted by molar-refractivity contribution is 7.99. The molecule has 0 saturated carbocycles. The molecule has 0 atom stereocenters. The molecule has 0 bridgehead atoms. The summed E-state index contributed by atoms with van der Waals surface area (Å²) in [6.45, 7) is 6.85. The molecule has 0 amide bonds. The molecule has 0 aliphatic carbocycles. The highest BCUT2D eigenvalue weighted by Crippen LogP contribution is 2.33. The standard InChI is InChI=1S/C20H22N4O3S/c1-12-7-16(17(25)10-28-20-22-21-14(3)23(20)4)13(2)24(12)9-15-5-6-18-19(8-15)27-11-26-18/h5-8H,9-11H2,1-4H3. The van der Waals surface area contributed by atoms with E-state index in [1.807, 2.05) is 56.7 Å². The topological polar surface area (TPSA) is 71.2 Å². The van der Waals surface area contributed by atoms with Crippen LogP contribution in [0.4, 0.5) is 0 Å². The number of hydrogen-bond donors (Lipinski definition) is 0. The normalized spacial score (nSPS) is 12.6. The molecule has 0 spiro atoms. The fraction of sp³-hybridized carbons (Fsp3) is 0.350. The van der Waals surface area contributed by atoms with Gasteiger partial charge in [-0.05, 0) is 44.5 Å². The van der Waals surface area contributed by atoms with E-state index in [0.717, 1.165) is 45.0 Å². The second-order valence-electron chi connectivity index (χ2n) is 6.86. The first-order valence-electron chi connectivity index (χ1n) is 9.01. The number of carbonyl (C=O) groups is 1. The van der Waals surface area contributed by atoms with Gasteiger partial charge >= 0.3 is 0 Å². The molecular formula is C20H22N4O3S. The second kappa shape index (κ2) is 7.35. The monoisotopic (exact) mass is 398 g/mol. The molecule has 3 aromatic rings. The molecule has 0 saturated heterocycles. The molecule has 0 unspecified atom stereocenters. The lowest BCUT2D eigenvalue weighted by Crippen LogP contribution is -2.08. The summed E-state index contributed by atoms with van der Waals surface area (Å²) in [5.74, 6) is 2.80. The van der Waals surface area contributed by atoms with Crippen molar-refractivity contribution < 1.29 is 14.3 Å². The summed E-state index contributed by atoms with van der Waals surface area (Å²) in [6.07, 6.45) is 0. The van der Waals surface area contributed by atoms with Gasteiger partial charge < -0.3 is 18.6 Å². The fourth-order valence-corrected chi connectivity index (χ4v) is 4.11. The summed E-state index contributed by atoms with van der Waals surface area (Å²) in [6, 6.07) is 7.92. The first-order valence-corrected chi connectivity index (χ1v) is 10.00. The van der Waals surface area contributed by atoms with Gasteiger partial charge in [0.15, 0.2) is 22.4 Å². The number of thioether (sulfide) groups is 1. The molecule has 8 heteroatoms. The minimum absolute atomic E-state index is 0.0932. The number of benzene rings is 1. The Balaban J connectivity index is 1.50. The van der Waals surface area contributed by atoms with E-state index in [1.54, 1.807) is 0 Å². The van der Waals surface area contributed by atoms with Gasteiger partial charge in [-0.1, -0.05) is 17.8 Å². The summed E-state index contributed by atoms with van der Waals surface area (Å²) in [5, 5.41) is 8.89. The number of carbonyl (C=O) groups excluding carboxylic acids is 1. The van der Waals surface area contributed by atoms with Crippen LogP contribution in [0.1, 0.15) is 33.1 Å². The van der Waals surface area contributed by atoms with Crippen molar-refractivity contribution in [3.8, 4) is 11.5 Å². The van der Waals surface area contributed by atoms with Gasteiger partial charge in [0.25, 0.3) is 0 Å². The van der Waals surface area contributed by atoms with E-state index >= 15 is 0 Å². The number of aryl methyl sites for hydroxylation is 2. The maximum Gasteiger partial charge on any atom is 0.231 e. The molecule has 0 fully saturated rings. The van der Waals surface area contributed by atoms with E-state index in [9.17, 15) is 4.79 Å². The maximum absolute atomic E-state index is 12.8. The molecule has 3 heterocycles. The van der Waals surface area contributed by atoms with E-state index in [2.05, 4.69) is 14.8 Å². The van der Waals surface area contributed by atoms with E-state index in [4.69, 9.17) is 9.47 Å². The third-order valence-electron chi connectivity index (χ3n) is 5.04. The van der Waals surface area contributed by atoms with Crippen LogP contribution in [-0.4, -0.2) is 37.7 Å². The van der Waals surface area contributed by atoms with Crippen molar-refractivity contribution in [1.29, 1.82) is 0 Å². The Morgan fingerprint density at radius 3 is 2.68 bits per heavy atom. The van der Waals surface area contributed by atoms with Gasteiger partial charge in [0.1, 0.15) is 5.82 Å². The average Bonchev–Trinajstić information content (AvgIpc) is 3.35. The van der Waals surface area contributed by atoms with Crippen LogP contribution in [0, 0.1) is 20.8 Å². The Morgan fingerprint density at radius 2 is 1.93 bits per heavy atom. The van der Waals surface area contributed by atoms with Crippen LogP contribution in [0.25, 0.3) is 0 Å². The first-order chi connectivity index (χ1) is 13.4. The van der Waals surface area contributed by atoms with Crippen LogP contribution in [0.2, 0.25) is 0 Å². The number of aromatic nitrogens is 4. The van der Waals surface area contributed by atoms with Crippen molar-refractivity contribution in [3.05, 3.63) is 52.6 Å².